The van der Waals surface area contributed by atoms with E-state index >= 15 is 0 Å². The Labute approximate surface area is 166 Å². The highest BCUT2D eigenvalue weighted by atomic mass is 16.5. The predicted octanol–water partition coefficient (Wildman–Crippen LogP) is 1.74. The van der Waals surface area contributed by atoms with Crippen molar-refractivity contribution in [2.45, 2.75) is 6.92 Å². The lowest BCUT2D eigenvalue weighted by molar-refractivity contribution is 0.459. The topological polar surface area (TPSA) is 97.5 Å². The maximum atomic E-state index is 5.90. The lowest BCUT2D eigenvalue weighted by atomic mass is 10.3. The van der Waals surface area contributed by atoms with Crippen molar-refractivity contribution in [3.63, 3.8) is 0 Å². The highest BCUT2D eigenvalue weighted by molar-refractivity contribution is 5.48. The second-order valence-corrected chi connectivity index (χ2v) is 6.75. The minimum absolute atomic E-state index is 0.545. The Morgan fingerprint density at radius 1 is 0.931 bits per heavy atom. The van der Waals surface area contributed by atoms with Gasteiger partial charge in [-0.05, 0) is 29.5 Å². The van der Waals surface area contributed by atoms with Crippen molar-refractivity contribution in [1.29, 1.82) is 0 Å². The molecule has 1 aromatic carbocycles. The number of hydrogen-bond acceptors (Lipinski definition) is 9. The molecule has 1 fully saturated rings. The molecular formula is C19H19N9O. The molecule has 0 N–H and O–H groups in total. The first-order valence-corrected chi connectivity index (χ1v) is 9.37. The number of rotatable bonds is 4. The highest BCUT2D eigenvalue weighted by Gasteiger charge is 2.22. The van der Waals surface area contributed by atoms with Crippen molar-refractivity contribution in [3.05, 3.63) is 54.5 Å². The molecule has 0 atom stereocenters. The largest absolute Gasteiger partial charge is 0.439 e. The molecule has 0 aliphatic carbocycles. The van der Waals surface area contributed by atoms with Gasteiger partial charge in [-0.3, -0.25) is 4.98 Å². The van der Waals surface area contributed by atoms with Crippen LogP contribution in [0.3, 0.4) is 0 Å². The summed E-state index contributed by atoms with van der Waals surface area (Å²) < 4.78 is 7.60. The van der Waals surface area contributed by atoms with E-state index in [1.165, 1.54) is 0 Å². The van der Waals surface area contributed by atoms with Crippen molar-refractivity contribution in [2.75, 3.05) is 36.0 Å². The lowest BCUT2D eigenvalue weighted by Crippen LogP contribution is -2.47. The molecule has 1 aliphatic heterocycles. The molecule has 1 aliphatic rings. The summed E-state index contributed by atoms with van der Waals surface area (Å²) in [6.45, 7) is 5.06. The van der Waals surface area contributed by atoms with Crippen molar-refractivity contribution in [2.24, 2.45) is 0 Å². The molecule has 146 valence electrons. The molecule has 0 spiro atoms. The van der Waals surface area contributed by atoms with Gasteiger partial charge in [0.1, 0.15) is 5.75 Å². The van der Waals surface area contributed by atoms with E-state index in [1.807, 2.05) is 43.3 Å². The third-order valence-electron chi connectivity index (χ3n) is 4.76. The monoisotopic (exact) mass is 389 g/mol. The number of aryl methyl sites for hydroxylation is 1. The average molecular weight is 389 g/mol. The van der Waals surface area contributed by atoms with Crippen molar-refractivity contribution in [3.8, 4) is 11.6 Å². The summed E-state index contributed by atoms with van der Waals surface area (Å²) in [6, 6.07) is 11.5. The fraction of sp³-hybridized carbons (Fsp3) is 0.263. The second-order valence-electron chi connectivity index (χ2n) is 6.75. The Balaban J connectivity index is 1.32. The smallest absolute Gasteiger partial charge is 0.229 e. The van der Waals surface area contributed by atoms with E-state index in [4.69, 9.17) is 4.74 Å². The molecule has 3 aromatic heterocycles. The first-order valence-electron chi connectivity index (χ1n) is 9.37. The van der Waals surface area contributed by atoms with Gasteiger partial charge in [-0.15, -0.1) is 5.10 Å². The van der Waals surface area contributed by atoms with E-state index in [9.17, 15) is 0 Å². The number of ether oxygens (including phenoxy) is 1. The number of piperazine rings is 1. The van der Waals surface area contributed by atoms with Gasteiger partial charge in [0, 0.05) is 37.9 Å². The number of anilines is 2. The van der Waals surface area contributed by atoms with Crippen LogP contribution < -0.4 is 14.5 Å². The van der Waals surface area contributed by atoms with Gasteiger partial charge in [0.05, 0.1) is 12.4 Å². The summed E-state index contributed by atoms with van der Waals surface area (Å²) in [6.07, 6.45) is 3.43. The van der Waals surface area contributed by atoms with Crippen molar-refractivity contribution in [1.82, 2.24) is 35.0 Å². The molecule has 0 amide bonds. The third kappa shape index (κ3) is 3.51. The van der Waals surface area contributed by atoms with Gasteiger partial charge < -0.3 is 14.5 Å². The van der Waals surface area contributed by atoms with Crippen LogP contribution in [-0.2, 0) is 0 Å². The zero-order valence-electron chi connectivity index (χ0n) is 15.9. The normalized spacial score (nSPS) is 14.4. The first kappa shape index (κ1) is 17.3. The molecule has 4 aromatic rings. The molecule has 5 rings (SSSR count). The van der Waals surface area contributed by atoms with Crippen LogP contribution >= 0.6 is 0 Å². The number of nitrogens with zero attached hydrogens (tertiary/aromatic N) is 9. The van der Waals surface area contributed by atoms with Gasteiger partial charge in [0.25, 0.3) is 0 Å². The number of tetrazole rings is 1. The van der Waals surface area contributed by atoms with Crippen LogP contribution in [0.5, 0.6) is 11.6 Å². The van der Waals surface area contributed by atoms with E-state index < -0.39 is 0 Å². The highest BCUT2D eigenvalue weighted by Crippen LogP contribution is 2.23. The zero-order valence-corrected chi connectivity index (χ0v) is 15.9. The molecule has 1 saturated heterocycles. The predicted molar refractivity (Wildman–Crippen MR) is 106 cm³/mol. The Morgan fingerprint density at radius 3 is 2.55 bits per heavy atom. The van der Waals surface area contributed by atoms with Crippen LogP contribution in [-0.4, -0.2) is 61.2 Å². The summed E-state index contributed by atoms with van der Waals surface area (Å²) in [5, 5.41) is 11.7. The summed E-state index contributed by atoms with van der Waals surface area (Å²) in [5.41, 5.74) is 1.50. The van der Waals surface area contributed by atoms with Gasteiger partial charge >= 0.3 is 0 Å². The van der Waals surface area contributed by atoms with E-state index in [0.717, 1.165) is 43.4 Å². The quantitative estimate of drug-likeness (QED) is 0.517. The molecule has 0 saturated carbocycles. The average Bonchev–Trinajstić information content (AvgIpc) is 3.23. The number of para-hydroxylation sites is 1. The fourth-order valence-corrected chi connectivity index (χ4v) is 3.34. The Bertz CT molecular complexity index is 1120. The van der Waals surface area contributed by atoms with Gasteiger partial charge in [-0.2, -0.15) is 9.50 Å². The molecule has 0 unspecified atom stereocenters. The molecule has 4 heterocycles. The Morgan fingerprint density at radius 2 is 1.72 bits per heavy atom. The Kier molecular flexibility index (Phi) is 4.35. The SMILES string of the molecule is Cc1cc(Oc2ccccc2)nc(N2CCN(c3cncc4nnnn34)CC2)n1. The van der Waals surface area contributed by atoms with E-state index in [-0.39, 0.29) is 0 Å². The van der Waals surface area contributed by atoms with Crippen LogP contribution in [0.15, 0.2) is 48.8 Å². The third-order valence-corrected chi connectivity index (χ3v) is 4.76. The zero-order chi connectivity index (χ0) is 19.6. The van der Waals surface area contributed by atoms with Crippen LogP contribution in [0, 0.1) is 6.92 Å². The van der Waals surface area contributed by atoms with Crippen molar-refractivity contribution >= 4 is 17.4 Å². The van der Waals surface area contributed by atoms with Gasteiger partial charge in [0.15, 0.2) is 11.5 Å². The lowest BCUT2D eigenvalue weighted by Gasteiger charge is -2.35. The number of hydrogen-bond donors (Lipinski definition) is 0. The van der Waals surface area contributed by atoms with Crippen LogP contribution in [0.25, 0.3) is 5.65 Å². The van der Waals surface area contributed by atoms with Crippen LogP contribution in [0.4, 0.5) is 11.8 Å². The van der Waals surface area contributed by atoms with Crippen molar-refractivity contribution < 1.29 is 4.74 Å². The first-order chi connectivity index (χ1) is 14.3. The molecular weight excluding hydrogens is 370 g/mol. The van der Waals surface area contributed by atoms with Crippen LogP contribution in [0.2, 0.25) is 0 Å². The number of benzene rings is 1. The standard InChI is InChI=1S/C19H19N9O/c1-14-11-17(29-15-5-3-2-4-6-15)22-19(21-14)27-9-7-26(8-10-27)18-13-20-12-16-23-24-25-28(16)18/h2-6,11-13H,7-10H2,1H3. The summed E-state index contributed by atoms with van der Waals surface area (Å²) >= 11 is 0. The fourth-order valence-electron chi connectivity index (χ4n) is 3.34. The number of fused-ring (bicyclic) bond motifs is 1. The molecule has 29 heavy (non-hydrogen) atoms. The second kappa shape index (κ2) is 7.30. The summed E-state index contributed by atoms with van der Waals surface area (Å²) in [7, 11) is 0. The van der Waals surface area contributed by atoms with Gasteiger partial charge in [-0.1, -0.05) is 18.2 Å². The Hall–Kier alpha value is -3.82. The number of aromatic nitrogens is 7. The maximum Gasteiger partial charge on any atom is 0.229 e. The molecule has 0 radical (unpaired) electrons. The van der Waals surface area contributed by atoms with E-state index in [1.54, 1.807) is 16.9 Å². The minimum atomic E-state index is 0.545. The van der Waals surface area contributed by atoms with Gasteiger partial charge in [0.2, 0.25) is 11.8 Å². The molecule has 10 nitrogen and oxygen atoms in total. The minimum Gasteiger partial charge on any atom is -0.439 e. The van der Waals surface area contributed by atoms with Gasteiger partial charge in [-0.25, -0.2) is 4.98 Å². The van der Waals surface area contributed by atoms with E-state index in [0.29, 0.717) is 17.5 Å². The maximum absolute atomic E-state index is 5.90. The summed E-state index contributed by atoms with van der Waals surface area (Å²) in [5.74, 6) is 2.85. The summed E-state index contributed by atoms with van der Waals surface area (Å²) in [4.78, 5) is 17.8. The molecule has 0 bridgehead atoms. The molecule has 10 heteroatoms. The van der Waals surface area contributed by atoms with E-state index in [2.05, 4.69) is 40.3 Å². The van der Waals surface area contributed by atoms with Crippen LogP contribution in [0.1, 0.15) is 5.69 Å².